The van der Waals surface area contributed by atoms with Crippen molar-refractivity contribution >= 4 is 29.4 Å². The van der Waals surface area contributed by atoms with Gasteiger partial charge in [-0.15, -0.1) is 0 Å². The summed E-state index contributed by atoms with van der Waals surface area (Å²) in [6, 6.07) is 21.6. The van der Waals surface area contributed by atoms with E-state index in [1.54, 1.807) is 72.8 Å². The number of nitrogens with zero attached hydrogens (tertiary/aromatic N) is 1. The third-order valence-corrected chi connectivity index (χ3v) is 4.74. The lowest BCUT2D eigenvalue weighted by molar-refractivity contribution is -0.138. The number of benzene rings is 3. The summed E-state index contributed by atoms with van der Waals surface area (Å²) in [4.78, 5) is 26.6. The first-order chi connectivity index (χ1) is 14.0. The van der Waals surface area contributed by atoms with Crippen molar-refractivity contribution in [2.75, 3.05) is 4.90 Å². The normalized spacial score (nSPS) is 17.5. The van der Waals surface area contributed by atoms with Crippen molar-refractivity contribution in [2.24, 2.45) is 0 Å². The number of carbonyl (C=O) groups excluding carboxylic acids is 2. The van der Waals surface area contributed by atoms with Crippen molar-refractivity contribution in [3.05, 3.63) is 89.4 Å². The maximum absolute atomic E-state index is 12.8. The van der Waals surface area contributed by atoms with Crippen LogP contribution in [0.4, 0.5) is 10.5 Å². The number of amides is 1. The van der Waals surface area contributed by atoms with Gasteiger partial charge in [-0.1, -0.05) is 48.0 Å². The van der Waals surface area contributed by atoms with Crippen molar-refractivity contribution in [3.63, 3.8) is 0 Å². The van der Waals surface area contributed by atoms with Gasteiger partial charge in [-0.3, -0.25) is 4.79 Å². The van der Waals surface area contributed by atoms with E-state index in [-0.39, 0.29) is 0 Å². The molecule has 0 saturated heterocycles. The molecule has 0 aliphatic carbocycles. The van der Waals surface area contributed by atoms with E-state index in [1.165, 1.54) is 6.07 Å². The quantitative estimate of drug-likeness (QED) is 0.513. The van der Waals surface area contributed by atoms with Crippen molar-refractivity contribution in [1.82, 2.24) is 0 Å². The molecule has 0 radical (unpaired) electrons. The number of ether oxygens (including phenoxy) is 2. The molecular formula is C22H16ClNO5. The molecule has 0 bridgehead atoms. The minimum atomic E-state index is -1.50. The van der Waals surface area contributed by atoms with Crippen LogP contribution >= 0.6 is 11.6 Å². The molecule has 7 heteroatoms. The molecule has 3 aromatic carbocycles. The molecule has 0 aromatic heterocycles. The highest BCUT2D eigenvalue weighted by Crippen LogP contribution is 2.42. The lowest BCUT2D eigenvalue weighted by Crippen LogP contribution is -2.43. The summed E-state index contributed by atoms with van der Waals surface area (Å²) in [5, 5.41) is 11.2. The summed E-state index contributed by atoms with van der Waals surface area (Å²) in [5.74, 6) is -1.19. The molecule has 0 spiro atoms. The minimum Gasteiger partial charge on any atom is -0.426 e. The van der Waals surface area contributed by atoms with Gasteiger partial charge in [-0.2, -0.15) is 0 Å². The second-order valence-electron chi connectivity index (χ2n) is 6.38. The zero-order valence-corrected chi connectivity index (χ0v) is 15.8. The number of hydrogen-bond donors (Lipinski definition) is 1. The maximum atomic E-state index is 12.8. The molecule has 2 atom stereocenters. The highest BCUT2D eigenvalue weighted by molar-refractivity contribution is 6.30. The average Bonchev–Trinajstić information content (AvgIpc) is 3.00. The Bertz CT molecular complexity index is 1040. The SMILES string of the molecule is O=C(Oc1ccccc1)C1c2cc(Cl)ccc2N(C(=O)Oc2ccccc2)C1O. The number of aliphatic hydroxyl groups excluding tert-OH is 1. The van der Waals surface area contributed by atoms with Gasteiger partial charge < -0.3 is 14.6 Å². The van der Waals surface area contributed by atoms with Gasteiger partial charge in [0.05, 0.1) is 5.69 Å². The van der Waals surface area contributed by atoms with Gasteiger partial charge in [0.1, 0.15) is 17.4 Å². The van der Waals surface area contributed by atoms with Crippen LogP contribution in [0.15, 0.2) is 78.9 Å². The molecule has 0 saturated carbocycles. The summed E-state index contributed by atoms with van der Waals surface area (Å²) < 4.78 is 10.7. The minimum absolute atomic E-state index is 0.315. The molecule has 1 aliphatic heterocycles. The Morgan fingerprint density at radius 2 is 1.45 bits per heavy atom. The molecule has 1 aliphatic rings. The van der Waals surface area contributed by atoms with Gasteiger partial charge in [-0.05, 0) is 48.0 Å². The average molecular weight is 410 g/mol. The molecule has 2 unspecified atom stereocenters. The monoisotopic (exact) mass is 409 g/mol. The summed E-state index contributed by atoms with van der Waals surface area (Å²) in [6.07, 6.45) is -2.32. The Morgan fingerprint density at radius 1 is 0.862 bits per heavy atom. The number of rotatable bonds is 3. The van der Waals surface area contributed by atoms with Gasteiger partial charge in [0.2, 0.25) is 0 Å². The zero-order chi connectivity index (χ0) is 20.4. The van der Waals surface area contributed by atoms with E-state index in [0.717, 1.165) is 4.90 Å². The molecule has 3 aromatic rings. The summed E-state index contributed by atoms with van der Waals surface area (Å²) in [6.45, 7) is 0. The third kappa shape index (κ3) is 3.81. The molecule has 4 rings (SSSR count). The lowest BCUT2D eigenvalue weighted by atomic mass is 10.0. The lowest BCUT2D eigenvalue weighted by Gasteiger charge is -2.22. The van der Waals surface area contributed by atoms with Crippen molar-refractivity contribution in [3.8, 4) is 11.5 Å². The largest absolute Gasteiger partial charge is 0.426 e. The number of fused-ring (bicyclic) bond motifs is 1. The van der Waals surface area contributed by atoms with Crippen molar-refractivity contribution in [1.29, 1.82) is 0 Å². The summed E-state index contributed by atoms with van der Waals surface area (Å²) in [7, 11) is 0. The van der Waals surface area contributed by atoms with Crippen LogP contribution in [-0.4, -0.2) is 23.4 Å². The van der Waals surface area contributed by atoms with Crippen molar-refractivity contribution in [2.45, 2.75) is 12.1 Å². The Morgan fingerprint density at radius 3 is 2.07 bits per heavy atom. The number of aliphatic hydroxyl groups is 1. The maximum Gasteiger partial charge on any atom is 0.421 e. The van der Waals surface area contributed by atoms with Gasteiger partial charge in [0.25, 0.3) is 0 Å². The molecular weight excluding hydrogens is 394 g/mol. The van der Waals surface area contributed by atoms with E-state index < -0.39 is 24.2 Å². The Hall–Kier alpha value is -3.35. The first-order valence-electron chi connectivity index (χ1n) is 8.85. The second kappa shape index (κ2) is 7.95. The third-order valence-electron chi connectivity index (χ3n) is 4.51. The summed E-state index contributed by atoms with van der Waals surface area (Å²) >= 11 is 6.09. The van der Waals surface area contributed by atoms with Gasteiger partial charge in [0, 0.05) is 5.02 Å². The first kappa shape index (κ1) is 19.0. The number of hydrogen-bond acceptors (Lipinski definition) is 5. The number of halogens is 1. The van der Waals surface area contributed by atoms with Crippen LogP contribution in [0.25, 0.3) is 0 Å². The van der Waals surface area contributed by atoms with Crippen molar-refractivity contribution < 1.29 is 24.2 Å². The van der Waals surface area contributed by atoms with Crippen LogP contribution in [-0.2, 0) is 4.79 Å². The topological polar surface area (TPSA) is 76.1 Å². The predicted molar refractivity (Wildman–Crippen MR) is 107 cm³/mol. The molecule has 1 amide bonds. The van der Waals surface area contributed by atoms with E-state index >= 15 is 0 Å². The van der Waals surface area contributed by atoms with E-state index in [9.17, 15) is 14.7 Å². The molecule has 6 nitrogen and oxygen atoms in total. The standard InChI is InChI=1S/C22H16ClNO5/c23-14-11-12-18-17(13-14)19(21(26)28-15-7-3-1-4-8-15)20(25)24(18)22(27)29-16-9-5-2-6-10-16/h1-13,19-20,25H. The molecule has 1 heterocycles. The van der Waals surface area contributed by atoms with E-state index in [1.807, 2.05) is 0 Å². The fourth-order valence-corrected chi connectivity index (χ4v) is 3.39. The first-order valence-corrected chi connectivity index (χ1v) is 9.23. The van der Waals surface area contributed by atoms with E-state index in [4.69, 9.17) is 21.1 Å². The van der Waals surface area contributed by atoms with Crippen LogP contribution in [0.5, 0.6) is 11.5 Å². The van der Waals surface area contributed by atoms with E-state index in [2.05, 4.69) is 0 Å². The Kier molecular flexibility index (Phi) is 5.20. The number of carbonyl (C=O) groups is 2. The number of anilines is 1. The van der Waals surface area contributed by atoms with Gasteiger partial charge >= 0.3 is 12.1 Å². The smallest absolute Gasteiger partial charge is 0.421 e. The van der Waals surface area contributed by atoms with E-state index in [0.29, 0.717) is 27.8 Å². The van der Waals surface area contributed by atoms with Crippen LogP contribution in [0, 0.1) is 0 Å². The molecule has 146 valence electrons. The Labute approximate surface area is 171 Å². The predicted octanol–water partition coefficient (Wildman–Crippen LogP) is 4.37. The zero-order valence-electron chi connectivity index (χ0n) is 15.1. The number of para-hydroxylation sites is 2. The second-order valence-corrected chi connectivity index (χ2v) is 6.82. The summed E-state index contributed by atoms with van der Waals surface area (Å²) in [5.41, 5.74) is 0.716. The molecule has 1 N–H and O–H groups in total. The van der Waals surface area contributed by atoms with Crippen LogP contribution < -0.4 is 14.4 Å². The van der Waals surface area contributed by atoms with Gasteiger partial charge in [-0.25, -0.2) is 9.69 Å². The van der Waals surface area contributed by atoms with Crippen LogP contribution in [0.2, 0.25) is 5.02 Å². The van der Waals surface area contributed by atoms with Crippen LogP contribution in [0.1, 0.15) is 11.5 Å². The number of esters is 1. The molecule has 0 fully saturated rings. The fourth-order valence-electron chi connectivity index (χ4n) is 3.21. The Balaban J connectivity index is 1.65. The van der Waals surface area contributed by atoms with Gasteiger partial charge in [0.15, 0.2) is 6.23 Å². The van der Waals surface area contributed by atoms with Crippen LogP contribution in [0.3, 0.4) is 0 Å². The highest BCUT2D eigenvalue weighted by atomic mass is 35.5. The fraction of sp³-hybridized carbons (Fsp3) is 0.0909. The highest BCUT2D eigenvalue weighted by Gasteiger charge is 2.46. The molecule has 29 heavy (non-hydrogen) atoms.